The number of hydrogen-bond acceptors (Lipinski definition) is 5. The van der Waals surface area contributed by atoms with Gasteiger partial charge in [-0.15, -0.1) is 0 Å². The van der Waals surface area contributed by atoms with E-state index in [9.17, 15) is 4.79 Å². The minimum absolute atomic E-state index is 0.252. The van der Waals surface area contributed by atoms with Crippen molar-refractivity contribution in [3.05, 3.63) is 53.5 Å². The summed E-state index contributed by atoms with van der Waals surface area (Å²) in [4.78, 5) is 17.0. The third-order valence-electron chi connectivity index (χ3n) is 4.09. The number of hydrogen-bond donors (Lipinski definition) is 1. The van der Waals surface area contributed by atoms with Crippen LogP contribution in [0.1, 0.15) is 37.4 Å². The molecule has 1 aliphatic heterocycles. The predicted octanol–water partition coefficient (Wildman–Crippen LogP) is 3.07. The lowest BCUT2D eigenvalue weighted by atomic mass is 9.87. The van der Waals surface area contributed by atoms with Crippen molar-refractivity contribution in [3.63, 3.8) is 0 Å². The molecule has 2 heterocycles. The summed E-state index contributed by atoms with van der Waals surface area (Å²) in [6.07, 6.45) is 4.33. The van der Waals surface area contributed by atoms with Crippen molar-refractivity contribution < 1.29 is 9.53 Å². The molecular formula is C18H22N4O2. The number of aromatic nitrogens is 3. The van der Waals surface area contributed by atoms with Crippen molar-refractivity contribution in [1.82, 2.24) is 14.8 Å². The van der Waals surface area contributed by atoms with E-state index in [2.05, 4.69) is 21.5 Å². The van der Waals surface area contributed by atoms with Gasteiger partial charge in [-0.1, -0.05) is 42.8 Å². The summed E-state index contributed by atoms with van der Waals surface area (Å²) in [6, 6.07) is 7.85. The highest BCUT2D eigenvalue weighted by Crippen LogP contribution is 2.38. The average molecular weight is 326 g/mol. The molecule has 0 aliphatic carbocycles. The Kier molecular flexibility index (Phi) is 4.64. The van der Waals surface area contributed by atoms with Crippen molar-refractivity contribution in [1.29, 1.82) is 0 Å². The summed E-state index contributed by atoms with van der Waals surface area (Å²) in [5.74, 6) is -0.0833. The number of rotatable bonds is 4. The number of carbonyl (C=O) groups excluding carboxylic acids is 1. The van der Waals surface area contributed by atoms with Crippen LogP contribution in [0.5, 0.6) is 0 Å². The molecule has 24 heavy (non-hydrogen) atoms. The molecule has 0 spiro atoms. The first-order valence-corrected chi connectivity index (χ1v) is 8.25. The number of fused-ring (bicyclic) bond motifs is 1. The lowest BCUT2D eigenvalue weighted by molar-refractivity contribution is -0.147. The van der Waals surface area contributed by atoms with E-state index in [1.807, 2.05) is 45.0 Å². The quantitative estimate of drug-likeness (QED) is 0.875. The molecule has 2 atom stereocenters. The zero-order valence-corrected chi connectivity index (χ0v) is 14.2. The zero-order valence-electron chi connectivity index (χ0n) is 14.2. The molecule has 0 bridgehead atoms. The van der Waals surface area contributed by atoms with Gasteiger partial charge in [0.05, 0.1) is 12.6 Å². The van der Waals surface area contributed by atoms with Gasteiger partial charge in [-0.25, -0.2) is 4.68 Å². The first-order valence-electron chi connectivity index (χ1n) is 8.25. The molecule has 1 aromatic heterocycles. The number of allylic oxidation sites excluding steroid dienone is 1. The first kappa shape index (κ1) is 16.2. The van der Waals surface area contributed by atoms with Gasteiger partial charge >= 0.3 is 5.97 Å². The van der Waals surface area contributed by atoms with Crippen LogP contribution in [-0.4, -0.2) is 27.3 Å². The van der Waals surface area contributed by atoms with Gasteiger partial charge in [-0.2, -0.15) is 10.1 Å². The van der Waals surface area contributed by atoms with E-state index in [4.69, 9.17) is 4.74 Å². The fourth-order valence-electron chi connectivity index (χ4n) is 3.13. The molecule has 126 valence electrons. The van der Waals surface area contributed by atoms with E-state index >= 15 is 0 Å². The second kappa shape index (κ2) is 6.86. The number of nitrogens with one attached hydrogen (secondary N) is 1. The van der Waals surface area contributed by atoms with Gasteiger partial charge in [0.15, 0.2) is 0 Å². The summed E-state index contributed by atoms with van der Waals surface area (Å²) in [5.41, 5.74) is 2.97. The Balaban J connectivity index is 2.15. The van der Waals surface area contributed by atoms with E-state index in [-0.39, 0.29) is 12.0 Å². The highest BCUT2D eigenvalue weighted by molar-refractivity contribution is 5.79. The molecule has 1 aromatic carbocycles. The largest absolute Gasteiger partial charge is 0.465 e. The lowest BCUT2D eigenvalue weighted by Crippen LogP contribution is -2.38. The molecule has 6 nitrogen and oxygen atoms in total. The second-order valence-corrected chi connectivity index (χ2v) is 5.81. The van der Waals surface area contributed by atoms with Gasteiger partial charge < -0.3 is 10.1 Å². The Morgan fingerprint density at radius 1 is 1.42 bits per heavy atom. The Morgan fingerprint density at radius 3 is 2.96 bits per heavy atom. The molecule has 0 radical (unpaired) electrons. The van der Waals surface area contributed by atoms with Crippen LogP contribution in [0.4, 0.5) is 5.95 Å². The van der Waals surface area contributed by atoms with Gasteiger partial charge in [-0.05, 0) is 25.8 Å². The van der Waals surface area contributed by atoms with E-state index in [1.165, 1.54) is 6.33 Å². The third kappa shape index (κ3) is 2.91. The second-order valence-electron chi connectivity index (χ2n) is 5.81. The maximum atomic E-state index is 12.7. The van der Waals surface area contributed by atoms with Crippen LogP contribution in [0.15, 0.2) is 42.4 Å². The average Bonchev–Trinajstić information content (AvgIpc) is 3.02. The van der Waals surface area contributed by atoms with Crippen molar-refractivity contribution in [2.45, 2.75) is 33.2 Å². The normalized spacial score (nSPS) is 21.2. The first-order chi connectivity index (χ1) is 11.7. The van der Waals surface area contributed by atoms with Gasteiger partial charge in [0.25, 0.3) is 0 Å². The number of benzene rings is 1. The minimum Gasteiger partial charge on any atom is -0.465 e. The number of esters is 1. The maximum absolute atomic E-state index is 12.7. The third-order valence-corrected chi connectivity index (χ3v) is 4.09. The van der Waals surface area contributed by atoms with Crippen molar-refractivity contribution in [3.8, 4) is 0 Å². The smallest absolute Gasteiger partial charge is 0.317 e. The van der Waals surface area contributed by atoms with E-state index in [0.29, 0.717) is 12.6 Å². The van der Waals surface area contributed by atoms with Crippen molar-refractivity contribution in [2.24, 2.45) is 5.92 Å². The van der Waals surface area contributed by atoms with Crippen LogP contribution in [0.3, 0.4) is 0 Å². The van der Waals surface area contributed by atoms with Crippen molar-refractivity contribution >= 4 is 11.9 Å². The van der Waals surface area contributed by atoms with Crippen LogP contribution in [-0.2, 0) is 9.53 Å². The molecule has 6 heteroatoms. The van der Waals surface area contributed by atoms with Crippen LogP contribution < -0.4 is 5.32 Å². The molecule has 3 rings (SSSR count). The molecule has 0 saturated heterocycles. The Hall–Kier alpha value is -2.63. The number of anilines is 1. The summed E-state index contributed by atoms with van der Waals surface area (Å²) in [7, 11) is 0. The Labute approximate surface area is 141 Å². The zero-order chi connectivity index (χ0) is 17.1. The fraction of sp³-hybridized carbons (Fsp3) is 0.389. The number of ether oxygens (including phenoxy) is 1. The summed E-state index contributed by atoms with van der Waals surface area (Å²) < 4.78 is 7.12. The molecular weight excluding hydrogens is 304 g/mol. The Morgan fingerprint density at radius 2 is 2.25 bits per heavy atom. The fourth-order valence-corrected chi connectivity index (χ4v) is 3.13. The van der Waals surface area contributed by atoms with Gasteiger partial charge in [0.2, 0.25) is 5.95 Å². The topological polar surface area (TPSA) is 69.0 Å². The SMILES string of the molecule is CC/C=C1/Nc2ncnn2[C@H](c2cccc(C)c2)[C@H]1C(=O)OCC. The molecule has 0 saturated carbocycles. The monoisotopic (exact) mass is 326 g/mol. The minimum atomic E-state index is -0.471. The molecule has 1 aliphatic rings. The van der Waals surface area contributed by atoms with Gasteiger partial charge in [-0.3, -0.25) is 4.79 Å². The maximum Gasteiger partial charge on any atom is 0.317 e. The van der Waals surface area contributed by atoms with Crippen LogP contribution in [0.2, 0.25) is 0 Å². The van der Waals surface area contributed by atoms with E-state index < -0.39 is 5.92 Å². The van der Waals surface area contributed by atoms with Gasteiger partial charge in [0, 0.05) is 5.70 Å². The molecule has 0 amide bonds. The molecule has 0 fully saturated rings. The van der Waals surface area contributed by atoms with Crippen LogP contribution >= 0.6 is 0 Å². The van der Waals surface area contributed by atoms with E-state index in [1.54, 1.807) is 4.68 Å². The lowest BCUT2D eigenvalue weighted by Gasteiger charge is -2.33. The summed E-state index contributed by atoms with van der Waals surface area (Å²) in [6.45, 7) is 6.24. The summed E-state index contributed by atoms with van der Waals surface area (Å²) in [5, 5.41) is 7.57. The molecule has 1 N–H and O–H groups in total. The van der Waals surface area contributed by atoms with Crippen molar-refractivity contribution in [2.75, 3.05) is 11.9 Å². The van der Waals surface area contributed by atoms with Crippen LogP contribution in [0, 0.1) is 12.8 Å². The highest BCUT2D eigenvalue weighted by atomic mass is 16.5. The van der Waals surface area contributed by atoms with Gasteiger partial charge in [0.1, 0.15) is 12.2 Å². The Bertz CT molecular complexity index is 766. The number of carbonyl (C=O) groups is 1. The molecule has 0 unspecified atom stereocenters. The highest BCUT2D eigenvalue weighted by Gasteiger charge is 2.41. The number of aryl methyl sites for hydroxylation is 1. The van der Waals surface area contributed by atoms with E-state index in [0.717, 1.165) is 23.2 Å². The summed E-state index contributed by atoms with van der Waals surface area (Å²) >= 11 is 0. The standard InChI is InChI=1S/C18H22N4O2/c1-4-7-14-15(17(23)24-5-2)16(13-9-6-8-12(3)10-13)22-18(21-14)19-11-20-22/h6-11,15-16H,4-5H2,1-3H3,(H,19,20,21)/b14-7+/t15-,16+/m0/s1. The molecule has 2 aromatic rings. The predicted molar refractivity (Wildman–Crippen MR) is 91.5 cm³/mol. The van der Waals surface area contributed by atoms with Crippen LogP contribution in [0.25, 0.3) is 0 Å². The number of nitrogens with zero attached hydrogens (tertiary/aromatic N) is 3.